The quantitative estimate of drug-likeness (QED) is 0.0122. The zero-order chi connectivity index (χ0) is 84.0. The second-order valence-corrected chi connectivity index (χ2v) is 32.3. The van der Waals surface area contributed by atoms with Crippen LogP contribution in [0.4, 0.5) is 35.1 Å². The van der Waals surface area contributed by atoms with Gasteiger partial charge in [-0.3, -0.25) is 19.2 Å². The van der Waals surface area contributed by atoms with Gasteiger partial charge in [0.15, 0.2) is 16.2 Å². The van der Waals surface area contributed by atoms with E-state index < -0.39 is 137 Å². The molecular weight excluding hydrogens is 1550 g/mol. The van der Waals surface area contributed by atoms with Crippen LogP contribution in [0.15, 0.2) is 72.8 Å². The van der Waals surface area contributed by atoms with Crippen LogP contribution in [0.3, 0.4) is 0 Å². The van der Waals surface area contributed by atoms with E-state index in [1.807, 2.05) is 0 Å². The number of fused-ring (bicyclic) bond motifs is 3. The Bertz CT molecular complexity index is 4550. The van der Waals surface area contributed by atoms with Crippen LogP contribution < -0.4 is 14.2 Å². The second-order valence-electron chi connectivity index (χ2n) is 28.0. The maximum absolute atomic E-state index is 13.9. The molecule has 0 aliphatic heterocycles. The van der Waals surface area contributed by atoms with Gasteiger partial charge in [-0.2, -0.15) is 35.1 Å². The van der Waals surface area contributed by atoms with Gasteiger partial charge in [0.1, 0.15) is 17.2 Å². The molecule has 4 aliphatic carbocycles. The Hall–Kier alpha value is -7.07. The fourth-order valence-electron chi connectivity index (χ4n) is 14.8. The second kappa shape index (κ2) is 39.7. The highest BCUT2D eigenvalue weighted by molar-refractivity contribution is 7.87. The van der Waals surface area contributed by atoms with Crippen molar-refractivity contribution in [2.75, 3.05) is 11.5 Å². The first-order valence-corrected chi connectivity index (χ1v) is 40.3. The van der Waals surface area contributed by atoms with Crippen molar-refractivity contribution in [2.24, 2.45) is 47.3 Å². The normalized spacial score (nSPS) is 20.8. The number of hydrogen-bond acceptors (Lipinski definition) is 21. The molecule has 113 heavy (non-hydrogen) atoms. The van der Waals surface area contributed by atoms with E-state index in [0.717, 1.165) is 22.8 Å². The standard InChI is InChI=1S/C24H28B3F3O7S.C24H18B3F3O7S.C24H29B3F2O7S/c2*25-9-13-5-18(10-26)21(19(6-13)11-27)37-23(32)17-4-2-14-7-16(3-1-15(14)8-17)22(31)36-20(24(28,29)30)12-38(33,34)35;1-13(24(28,29)37(32,33)34)35-22(30)19-6-2-5-18-17(19)4-3-7-20(18)23(31)36-21-15(11-26)8-14(10-25)9-16(21)12-27/h5-6,14-17,20H,1-4,7-12H2,(H,33,34,35);1-8,20H,9-12H2,(H,33,34,35);8-9,13,17-20H,2-7,10-12H2,1H3,(H,32,33,34)/p-3. The topological polar surface area (TPSA) is 329 Å². The van der Waals surface area contributed by atoms with Gasteiger partial charge in [0.25, 0.3) is 0 Å². The predicted molar refractivity (Wildman–Crippen MR) is 398 cm³/mol. The van der Waals surface area contributed by atoms with E-state index in [-0.39, 0.29) is 110 Å². The maximum atomic E-state index is 13.9. The van der Waals surface area contributed by atoms with E-state index in [4.69, 9.17) is 89.6 Å². The van der Waals surface area contributed by atoms with Gasteiger partial charge >= 0.3 is 53.4 Å². The maximum Gasteiger partial charge on any atom is 0.426 e. The van der Waals surface area contributed by atoms with Crippen molar-refractivity contribution in [1.29, 1.82) is 0 Å². The molecular formula is C72H72B9F8O21S3-3. The lowest BCUT2D eigenvalue weighted by atomic mass is 9.61. The molecule has 0 bridgehead atoms. The predicted octanol–water partition coefficient (Wildman–Crippen LogP) is 7.65. The third kappa shape index (κ3) is 24.8. The first-order valence-electron chi connectivity index (χ1n) is 35.8. The van der Waals surface area contributed by atoms with Gasteiger partial charge in [-0.05, 0) is 163 Å². The van der Waals surface area contributed by atoms with E-state index in [1.54, 1.807) is 36.4 Å². The Morgan fingerprint density at radius 1 is 0.416 bits per heavy atom. The molecule has 0 N–H and O–H groups in total. The fraction of sp³-hybridized carbons (Fsp3) is 0.528. The summed E-state index contributed by atoms with van der Waals surface area (Å²) < 4.78 is 234. The number of carbonyl (C=O) groups is 6. The lowest BCUT2D eigenvalue weighted by Crippen LogP contribution is -2.47. The molecule has 590 valence electrons. The molecule has 11 unspecified atom stereocenters. The van der Waals surface area contributed by atoms with Gasteiger partial charge in [-0.25, -0.2) is 34.8 Å². The average molecular weight is 1620 g/mol. The monoisotopic (exact) mass is 1620 g/mol. The van der Waals surface area contributed by atoms with E-state index in [9.17, 15) is 103 Å². The summed E-state index contributed by atoms with van der Waals surface area (Å²) >= 11 is 0. The highest BCUT2D eigenvalue weighted by Gasteiger charge is 2.52. The summed E-state index contributed by atoms with van der Waals surface area (Å²) in [6, 6.07) is 18.4. The van der Waals surface area contributed by atoms with Gasteiger partial charge in [-0.15, -0.1) is 0 Å². The molecule has 5 aromatic rings. The number of halogens is 8. The van der Waals surface area contributed by atoms with Crippen molar-refractivity contribution in [3.05, 3.63) is 134 Å². The van der Waals surface area contributed by atoms with Crippen molar-refractivity contribution in [3.8, 4) is 17.2 Å². The molecule has 4 saturated carbocycles. The summed E-state index contributed by atoms with van der Waals surface area (Å²) in [6.45, 7) is 0.675. The molecule has 0 heterocycles. The molecule has 18 radical (unpaired) electrons. The third-order valence-electron chi connectivity index (χ3n) is 20.5. The summed E-state index contributed by atoms with van der Waals surface area (Å²) in [4.78, 5) is 76.8. The van der Waals surface area contributed by atoms with Gasteiger partial charge in [0.2, 0.25) is 12.2 Å². The smallest absolute Gasteiger partial charge is 0.426 e. The van der Waals surface area contributed by atoms with E-state index in [2.05, 4.69) is 9.47 Å². The lowest BCUT2D eigenvalue weighted by molar-refractivity contribution is -0.218. The van der Waals surface area contributed by atoms with Crippen LogP contribution in [0.25, 0.3) is 10.8 Å². The Balaban J connectivity index is 0.000000235. The summed E-state index contributed by atoms with van der Waals surface area (Å²) in [7, 11) is 35.5. The molecule has 9 rings (SSSR count). The van der Waals surface area contributed by atoms with Crippen LogP contribution >= 0.6 is 0 Å². The molecule has 41 heteroatoms. The van der Waals surface area contributed by atoms with Gasteiger partial charge in [-0.1, -0.05) is 135 Å². The van der Waals surface area contributed by atoms with Gasteiger partial charge in [0, 0.05) is 0 Å². The molecule has 0 aromatic heterocycles. The highest BCUT2D eigenvalue weighted by Crippen LogP contribution is 2.50. The number of carbonyl (C=O) groups excluding carboxylic acids is 6. The molecule has 5 aromatic carbocycles. The first-order chi connectivity index (χ1) is 52.8. The summed E-state index contributed by atoms with van der Waals surface area (Å²) in [5, 5.41) is -3.97. The van der Waals surface area contributed by atoms with Gasteiger partial charge in [0.05, 0.1) is 137 Å². The first kappa shape index (κ1) is 93.1. The molecule has 0 saturated heterocycles. The van der Waals surface area contributed by atoms with Crippen molar-refractivity contribution >= 4 is 148 Å². The van der Waals surface area contributed by atoms with E-state index in [1.165, 1.54) is 30.3 Å². The number of esters is 6. The summed E-state index contributed by atoms with van der Waals surface area (Å²) in [5.74, 6) is -11.3. The zero-order valence-corrected chi connectivity index (χ0v) is 63.5. The van der Waals surface area contributed by atoms with Crippen molar-refractivity contribution < 1.29 is 131 Å². The molecule has 11 atom stereocenters. The summed E-state index contributed by atoms with van der Waals surface area (Å²) in [6.07, 6.45) is -11.9. The number of alkyl halides is 8. The molecule has 4 fully saturated rings. The molecule has 4 aliphatic rings. The van der Waals surface area contributed by atoms with Gasteiger partial charge < -0.3 is 42.1 Å². The zero-order valence-electron chi connectivity index (χ0n) is 61.1. The Labute approximate surface area is 662 Å². The number of hydrogen-bond donors (Lipinski definition) is 0. The minimum absolute atomic E-state index is 0.0130. The van der Waals surface area contributed by atoms with Crippen LogP contribution in [-0.4, -0.2) is 193 Å². The SMILES string of the molecule is [B]Cc1cc(C[B])c(OC(=O)C2CCC3CC(C(=O)OC(CS(=O)(=O)[O-])C(F)(F)F)CCC3C2)c(C[B])c1.[B]Cc1cc(C[B])c(OC(=O)C2CCCC3C(C(=O)OC(C)C(F)(F)S(=O)(=O)[O-])CCCC23)c(C[B])c1.[B]Cc1cc(C[B])c(OC(=O)c2ccc3cc(C(=O)OC(CS(=O)(=O)[O-])C(F)(F)F)ccc3c2)c(C[B])c1. The third-order valence-corrected chi connectivity index (χ3v) is 22.9. The number of ether oxygens (including phenoxy) is 6. The van der Waals surface area contributed by atoms with Crippen molar-refractivity contribution in [3.63, 3.8) is 0 Å². The molecule has 0 spiro atoms. The van der Waals surface area contributed by atoms with E-state index in [0.29, 0.717) is 127 Å². The largest absolute Gasteiger partial charge is 0.748 e. The summed E-state index contributed by atoms with van der Waals surface area (Å²) in [5.41, 5.74) is 5.68. The molecule has 21 nitrogen and oxygen atoms in total. The minimum atomic E-state index is -6.01. The van der Waals surface area contributed by atoms with E-state index >= 15 is 0 Å². The highest BCUT2D eigenvalue weighted by atomic mass is 32.2. The Kier molecular flexibility index (Phi) is 32.7. The Morgan fingerprint density at radius 3 is 1.12 bits per heavy atom. The van der Waals surface area contributed by atoms with Crippen LogP contribution in [0.5, 0.6) is 17.2 Å². The average Bonchev–Trinajstić information content (AvgIpc) is 0.787. The van der Waals surface area contributed by atoms with Crippen molar-refractivity contribution in [1.82, 2.24) is 0 Å². The number of rotatable bonds is 27. The minimum Gasteiger partial charge on any atom is -0.748 e. The number of benzene rings is 5. The fourth-order valence-corrected chi connectivity index (χ4v) is 16.5. The Morgan fingerprint density at radius 2 is 0.761 bits per heavy atom. The molecule has 0 amide bonds. The van der Waals surface area contributed by atoms with Crippen LogP contribution in [0.2, 0.25) is 0 Å². The van der Waals surface area contributed by atoms with Crippen molar-refractivity contribution in [2.45, 2.75) is 177 Å². The lowest BCUT2D eigenvalue weighted by Gasteiger charge is -2.44. The van der Waals surface area contributed by atoms with Crippen LogP contribution in [-0.2, 0) is 121 Å². The van der Waals surface area contributed by atoms with Crippen LogP contribution in [0.1, 0.15) is 155 Å². The van der Waals surface area contributed by atoms with Crippen LogP contribution in [0, 0.1) is 47.3 Å².